The van der Waals surface area contributed by atoms with Crippen molar-refractivity contribution in [2.24, 2.45) is 0 Å². The lowest BCUT2D eigenvalue weighted by Gasteiger charge is -2.17. The van der Waals surface area contributed by atoms with E-state index < -0.39 is 22.0 Å². The van der Waals surface area contributed by atoms with Crippen molar-refractivity contribution < 1.29 is 23.2 Å². The number of carbonyl (C=O) groups is 1. The summed E-state index contributed by atoms with van der Waals surface area (Å²) < 4.78 is 33.4. The summed E-state index contributed by atoms with van der Waals surface area (Å²) in [7, 11) is -3.78. The maximum absolute atomic E-state index is 12.4. The molecule has 0 spiro atoms. The van der Waals surface area contributed by atoms with Crippen LogP contribution in [0, 0.1) is 0 Å². The number of sulfonamides is 1. The first-order valence-electron chi connectivity index (χ1n) is 7.93. The lowest BCUT2D eigenvalue weighted by molar-refractivity contribution is -0.132. The molecule has 9 heteroatoms. The topological polar surface area (TPSA) is 105 Å². The maximum atomic E-state index is 12.4. The molecule has 1 aromatic heterocycles. The molecule has 0 fully saturated rings. The molecule has 0 bridgehead atoms. The van der Waals surface area contributed by atoms with Crippen LogP contribution >= 0.6 is 11.3 Å². The fourth-order valence-corrected chi connectivity index (χ4v) is 4.35. The van der Waals surface area contributed by atoms with Gasteiger partial charge in [0.15, 0.2) is 0 Å². The summed E-state index contributed by atoms with van der Waals surface area (Å²) in [6.07, 6.45) is 1.73. The van der Waals surface area contributed by atoms with Gasteiger partial charge in [-0.2, -0.15) is 4.72 Å². The summed E-state index contributed by atoms with van der Waals surface area (Å²) in [4.78, 5) is 11.7. The van der Waals surface area contributed by atoms with E-state index in [1.807, 2.05) is 30.5 Å². The highest BCUT2D eigenvalue weighted by molar-refractivity contribution is 7.88. The SMILES string of the molecule is CCCCOC[C@@H](NS(=O)(=O)Cc1ccc2sccc2c1)C(=O)NO. The average molecular weight is 386 g/mol. The molecule has 25 heavy (non-hydrogen) atoms. The standard InChI is InChI=1S/C16H22N2O5S2/c1-2-3-7-23-10-14(16(19)17-20)18-25(21,22)11-12-4-5-15-13(9-12)6-8-24-15/h4-6,8-9,14,18,20H,2-3,7,10-11H2,1H3,(H,17,19)/t14-/m1/s1. The summed E-state index contributed by atoms with van der Waals surface area (Å²) in [5, 5.41) is 11.7. The lowest BCUT2D eigenvalue weighted by atomic mass is 10.2. The van der Waals surface area contributed by atoms with Crippen LogP contribution in [0.1, 0.15) is 25.3 Å². The van der Waals surface area contributed by atoms with Crippen LogP contribution in [0.25, 0.3) is 10.1 Å². The molecule has 1 amide bonds. The molecular weight excluding hydrogens is 364 g/mol. The Balaban J connectivity index is 2.03. The fourth-order valence-electron chi connectivity index (χ4n) is 2.27. The van der Waals surface area contributed by atoms with Gasteiger partial charge in [-0.05, 0) is 40.9 Å². The first-order valence-corrected chi connectivity index (χ1v) is 10.5. The number of thiophene rings is 1. The predicted molar refractivity (Wildman–Crippen MR) is 97.0 cm³/mol. The fraction of sp³-hybridized carbons (Fsp3) is 0.438. The Morgan fingerprint density at radius 1 is 1.36 bits per heavy atom. The molecular formula is C16H22N2O5S2. The molecule has 2 aromatic rings. The molecule has 1 heterocycles. The third kappa shape index (κ3) is 6.05. The first-order chi connectivity index (χ1) is 11.9. The van der Waals surface area contributed by atoms with Gasteiger partial charge in [-0.1, -0.05) is 19.4 Å². The minimum atomic E-state index is -3.78. The number of amides is 1. The van der Waals surface area contributed by atoms with Crippen molar-refractivity contribution in [2.45, 2.75) is 31.6 Å². The summed E-state index contributed by atoms with van der Waals surface area (Å²) in [5.74, 6) is -1.11. The van der Waals surface area contributed by atoms with Crippen LogP contribution in [-0.4, -0.2) is 38.8 Å². The number of unbranched alkanes of at least 4 members (excludes halogenated alkanes) is 1. The predicted octanol–water partition coefficient (Wildman–Crippen LogP) is 2.01. The van der Waals surface area contributed by atoms with E-state index in [0.29, 0.717) is 12.2 Å². The van der Waals surface area contributed by atoms with Gasteiger partial charge in [0.25, 0.3) is 5.91 Å². The summed E-state index contributed by atoms with van der Waals surface area (Å²) >= 11 is 1.58. The number of hydroxylamine groups is 1. The highest BCUT2D eigenvalue weighted by Crippen LogP contribution is 2.22. The summed E-state index contributed by atoms with van der Waals surface area (Å²) in [6, 6.07) is 6.17. The second-order valence-corrected chi connectivity index (χ2v) is 8.33. The molecule has 0 radical (unpaired) electrons. The van der Waals surface area contributed by atoms with Crippen LogP contribution < -0.4 is 10.2 Å². The molecule has 3 N–H and O–H groups in total. The van der Waals surface area contributed by atoms with E-state index in [2.05, 4.69) is 4.72 Å². The van der Waals surface area contributed by atoms with E-state index in [9.17, 15) is 13.2 Å². The van der Waals surface area contributed by atoms with Gasteiger partial charge in [-0.3, -0.25) is 10.0 Å². The quantitative estimate of drug-likeness (QED) is 0.329. The van der Waals surface area contributed by atoms with Crippen molar-refractivity contribution in [3.05, 3.63) is 35.2 Å². The number of hydrogen-bond donors (Lipinski definition) is 3. The van der Waals surface area contributed by atoms with Gasteiger partial charge in [-0.25, -0.2) is 13.9 Å². The van der Waals surface area contributed by atoms with Gasteiger partial charge in [0.1, 0.15) is 6.04 Å². The van der Waals surface area contributed by atoms with E-state index in [-0.39, 0.29) is 12.4 Å². The number of carbonyl (C=O) groups excluding carboxylic acids is 1. The summed E-state index contributed by atoms with van der Waals surface area (Å²) in [5.41, 5.74) is 2.09. The average Bonchev–Trinajstić information content (AvgIpc) is 3.04. The number of benzene rings is 1. The number of hydrogen-bond acceptors (Lipinski definition) is 6. The Morgan fingerprint density at radius 2 is 2.16 bits per heavy atom. The van der Waals surface area contributed by atoms with E-state index in [1.165, 1.54) is 5.48 Å². The number of fused-ring (bicyclic) bond motifs is 1. The van der Waals surface area contributed by atoms with E-state index >= 15 is 0 Å². The zero-order valence-corrected chi connectivity index (χ0v) is 15.5. The lowest BCUT2D eigenvalue weighted by Crippen LogP contribution is -2.48. The minimum absolute atomic E-state index is 0.144. The Morgan fingerprint density at radius 3 is 2.88 bits per heavy atom. The molecule has 1 atom stereocenters. The maximum Gasteiger partial charge on any atom is 0.263 e. The highest BCUT2D eigenvalue weighted by Gasteiger charge is 2.25. The first kappa shape index (κ1) is 19.8. The van der Waals surface area contributed by atoms with E-state index in [0.717, 1.165) is 22.9 Å². The molecule has 0 aliphatic rings. The third-order valence-electron chi connectivity index (χ3n) is 3.55. The zero-order valence-electron chi connectivity index (χ0n) is 13.9. The normalized spacial score (nSPS) is 13.0. The van der Waals surface area contributed by atoms with Crippen LogP contribution in [-0.2, 0) is 25.3 Å². The summed E-state index contributed by atoms with van der Waals surface area (Å²) in [6.45, 7) is 2.27. The van der Waals surface area contributed by atoms with Gasteiger partial charge in [0.2, 0.25) is 10.0 Å². The molecule has 138 valence electrons. The largest absolute Gasteiger partial charge is 0.379 e. The molecule has 7 nitrogen and oxygen atoms in total. The second-order valence-electron chi connectivity index (χ2n) is 5.63. The van der Waals surface area contributed by atoms with Crippen LogP contribution in [0.2, 0.25) is 0 Å². The Kier molecular flexibility index (Phi) is 7.33. The van der Waals surface area contributed by atoms with Crippen molar-refractivity contribution in [3.63, 3.8) is 0 Å². The van der Waals surface area contributed by atoms with Crippen LogP contribution in [0.3, 0.4) is 0 Å². The van der Waals surface area contributed by atoms with Gasteiger partial charge < -0.3 is 4.74 Å². The molecule has 0 saturated heterocycles. The van der Waals surface area contributed by atoms with Crippen molar-refractivity contribution in [2.75, 3.05) is 13.2 Å². The molecule has 2 rings (SSSR count). The smallest absolute Gasteiger partial charge is 0.263 e. The van der Waals surface area contributed by atoms with Gasteiger partial charge in [0.05, 0.1) is 12.4 Å². The van der Waals surface area contributed by atoms with Gasteiger partial charge in [-0.15, -0.1) is 11.3 Å². The molecule has 0 unspecified atom stereocenters. The monoisotopic (exact) mass is 386 g/mol. The Hall–Kier alpha value is -1.52. The number of nitrogens with one attached hydrogen (secondary N) is 2. The van der Waals surface area contributed by atoms with Crippen LogP contribution in [0.15, 0.2) is 29.6 Å². The van der Waals surface area contributed by atoms with Gasteiger partial charge >= 0.3 is 0 Å². The Bertz CT molecular complexity index is 804. The molecule has 0 aliphatic carbocycles. The van der Waals surface area contributed by atoms with Gasteiger partial charge in [0, 0.05) is 11.3 Å². The molecule has 0 saturated carbocycles. The highest BCUT2D eigenvalue weighted by atomic mass is 32.2. The van der Waals surface area contributed by atoms with Crippen LogP contribution in [0.5, 0.6) is 0 Å². The Labute approximate surface area is 151 Å². The van der Waals surface area contributed by atoms with Crippen molar-refractivity contribution in [1.29, 1.82) is 0 Å². The number of rotatable bonds is 10. The van der Waals surface area contributed by atoms with Crippen molar-refractivity contribution in [3.8, 4) is 0 Å². The van der Waals surface area contributed by atoms with Crippen molar-refractivity contribution in [1.82, 2.24) is 10.2 Å². The number of ether oxygens (including phenoxy) is 1. The van der Waals surface area contributed by atoms with Crippen molar-refractivity contribution >= 4 is 37.4 Å². The third-order valence-corrected chi connectivity index (χ3v) is 5.80. The van der Waals surface area contributed by atoms with Crippen LogP contribution in [0.4, 0.5) is 0 Å². The van der Waals surface area contributed by atoms with E-state index in [4.69, 9.17) is 9.94 Å². The molecule has 0 aliphatic heterocycles. The minimum Gasteiger partial charge on any atom is -0.379 e. The zero-order chi connectivity index (χ0) is 18.3. The van der Waals surface area contributed by atoms with E-state index in [1.54, 1.807) is 17.4 Å². The second kappa shape index (κ2) is 9.25. The molecule has 1 aromatic carbocycles.